The van der Waals surface area contributed by atoms with Crippen LogP contribution in [-0.2, 0) is 9.53 Å². The Hall–Kier alpha value is -0.970. The maximum atomic E-state index is 12.5. The molecule has 6 unspecified atom stereocenters. The zero-order chi connectivity index (χ0) is 21.8. The third kappa shape index (κ3) is 6.02. The second kappa shape index (κ2) is 10.4. The lowest BCUT2D eigenvalue weighted by Gasteiger charge is -2.49. The van der Waals surface area contributed by atoms with Crippen LogP contribution in [0.15, 0.2) is 22.8 Å². The first kappa shape index (κ1) is 24.3. The second-order valence-corrected chi connectivity index (χ2v) is 9.87. The van der Waals surface area contributed by atoms with E-state index in [1.54, 1.807) is 0 Å². The highest BCUT2D eigenvalue weighted by Crippen LogP contribution is 2.52. The zero-order valence-corrected chi connectivity index (χ0v) is 19.3. The van der Waals surface area contributed by atoms with Gasteiger partial charge in [-0.05, 0) is 82.8 Å². The zero-order valence-electron chi connectivity index (χ0n) is 19.3. The minimum absolute atomic E-state index is 0.0465. The summed E-state index contributed by atoms with van der Waals surface area (Å²) in [4.78, 5) is 12.5. The van der Waals surface area contributed by atoms with Gasteiger partial charge in [0.05, 0.1) is 24.4 Å². The topological polar surface area (TPSA) is 66.8 Å². The number of ether oxygens (including phenoxy) is 1. The van der Waals surface area contributed by atoms with Crippen molar-refractivity contribution in [3.63, 3.8) is 0 Å². The third-order valence-corrected chi connectivity index (χ3v) is 7.30. The van der Waals surface area contributed by atoms with E-state index >= 15 is 0 Å². The van der Waals surface area contributed by atoms with Crippen LogP contribution in [0.2, 0.25) is 0 Å². The molecule has 4 nitrogen and oxygen atoms in total. The first-order valence-electron chi connectivity index (χ1n) is 11.5. The van der Waals surface area contributed by atoms with Gasteiger partial charge in [0.2, 0.25) is 0 Å². The first-order chi connectivity index (χ1) is 13.6. The third-order valence-electron chi connectivity index (χ3n) is 7.30. The molecule has 2 aliphatic carbocycles. The monoisotopic (exact) mass is 406 g/mol. The molecule has 0 aromatic heterocycles. The molecule has 6 atom stereocenters. The lowest BCUT2D eigenvalue weighted by molar-refractivity contribution is -0.119. The van der Waals surface area contributed by atoms with E-state index in [1.807, 2.05) is 33.8 Å². The van der Waals surface area contributed by atoms with Crippen LogP contribution in [0.25, 0.3) is 0 Å². The van der Waals surface area contributed by atoms with Crippen molar-refractivity contribution < 1.29 is 19.7 Å². The summed E-state index contributed by atoms with van der Waals surface area (Å²) in [5.74, 6) is 0.481. The van der Waals surface area contributed by atoms with Crippen molar-refractivity contribution in [2.75, 3.05) is 0 Å². The van der Waals surface area contributed by atoms with Crippen LogP contribution in [0.1, 0.15) is 92.9 Å². The standard InChI is InChI=1S/C25H42O4/c1-16(2)21-15-25(6)18(4)24(13-12-20(25)14-23(21)28)29-19(5)22(27)11-9-7-8-10-17(3)26/h14,17-19,22,24,26-27H,7-13,15H2,1-6H3. The number of aliphatic hydroxyl groups is 2. The number of carbonyl (C=O) groups is 1. The van der Waals surface area contributed by atoms with E-state index in [0.29, 0.717) is 5.92 Å². The van der Waals surface area contributed by atoms with Crippen LogP contribution < -0.4 is 0 Å². The van der Waals surface area contributed by atoms with Crippen LogP contribution >= 0.6 is 0 Å². The Kier molecular flexibility index (Phi) is 8.69. The fraction of sp³-hybridized carbons (Fsp3) is 0.800. The molecule has 0 heterocycles. The molecule has 1 saturated carbocycles. The summed E-state index contributed by atoms with van der Waals surface area (Å²) in [6, 6.07) is 0. The molecule has 1 fully saturated rings. The molecule has 29 heavy (non-hydrogen) atoms. The van der Waals surface area contributed by atoms with Crippen molar-refractivity contribution >= 4 is 5.78 Å². The predicted octanol–water partition coefficient (Wildman–Crippen LogP) is 5.12. The molecule has 0 aliphatic heterocycles. The average molecular weight is 407 g/mol. The Labute approximate surface area is 177 Å². The molecular weight excluding hydrogens is 364 g/mol. The van der Waals surface area contributed by atoms with Gasteiger partial charge in [-0.25, -0.2) is 0 Å². The first-order valence-corrected chi connectivity index (χ1v) is 11.5. The quantitative estimate of drug-likeness (QED) is 0.412. The van der Waals surface area contributed by atoms with E-state index in [9.17, 15) is 15.0 Å². The Morgan fingerprint density at radius 2 is 1.86 bits per heavy atom. The van der Waals surface area contributed by atoms with Gasteiger partial charge in [-0.3, -0.25) is 4.79 Å². The maximum Gasteiger partial charge on any atom is 0.181 e. The highest BCUT2D eigenvalue weighted by atomic mass is 16.5. The largest absolute Gasteiger partial charge is 0.393 e. The van der Waals surface area contributed by atoms with Crippen molar-refractivity contribution in [2.24, 2.45) is 11.3 Å². The predicted molar refractivity (Wildman–Crippen MR) is 118 cm³/mol. The van der Waals surface area contributed by atoms with Crippen molar-refractivity contribution in [2.45, 2.75) is 117 Å². The van der Waals surface area contributed by atoms with Crippen molar-refractivity contribution in [3.8, 4) is 0 Å². The molecule has 0 saturated heterocycles. The van der Waals surface area contributed by atoms with Crippen LogP contribution in [0.3, 0.4) is 0 Å². The molecule has 2 N–H and O–H groups in total. The Morgan fingerprint density at radius 1 is 1.21 bits per heavy atom. The lowest BCUT2D eigenvalue weighted by atomic mass is 9.58. The van der Waals surface area contributed by atoms with Gasteiger partial charge in [0.25, 0.3) is 0 Å². The van der Waals surface area contributed by atoms with Crippen molar-refractivity contribution in [3.05, 3.63) is 22.8 Å². The SMILES string of the molecule is CC(C)=C1CC2(C)C(=CC1=O)CCC(OC(C)C(O)CCCCCC(C)O)C2C. The molecule has 0 aromatic carbocycles. The number of fused-ring (bicyclic) bond motifs is 1. The van der Waals surface area contributed by atoms with Gasteiger partial charge >= 0.3 is 0 Å². The minimum atomic E-state index is -0.459. The fourth-order valence-corrected chi connectivity index (χ4v) is 4.93. The normalized spacial score (nSPS) is 30.4. The van der Waals surface area contributed by atoms with E-state index in [1.165, 1.54) is 5.57 Å². The van der Waals surface area contributed by atoms with Crippen LogP contribution in [0.4, 0.5) is 0 Å². The molecular formula is C25H42O4. The van der Waals surface area contributed by atoms with Gasteiger partial charge in [0.1, 0.15) is 0 Å². The fourth-order valence-electron chi connectivity index (χ4n) is 4.93. The number of carbonyl (C=O) groups excluding carboxylic acids is 1. The van der Waals surface area contributed by atoms with E-state index in [4.69, 9.17) is 4.74 Å². The number of hydrogen-bond acceptors (Lipinski definition) is 4. The van der Waals surface area contributed by atoms with Crippen LogP contribution in [-0.4, -0.2) is 40.4 Å². The van der Waals surface area contributed by atoms with Gasteiger partial charge in [0.15, 0.2) is 5.78 Å². The molecule has 0 amide bonds. The number of ketones is 1. The molecule has 0 spiro atoms. The number of aliphatic hydroxyl groups excluding tert-OH is 2. The van der Waals surface area contributed by atoms with Crippen LogP contribution in [0, 0.1) is 11.3 Å². The smallest absolute Gasteiger partial charge is 0.181 e. The van der Waals surface area contributed by atoms with Crippen LogP contribution in [0.5, 0.6) is 0 Å². The molecule has 0 aromatic rings. The maximum absolute atomic E-state index is 12.5. The van der Waals surface area contributed by atoms with Gasteiger partial charge in [-0.15, -0.1) is 0 Å². The molecule has 166 valence electrons. The number of rotatable bonds is 9. The Bertz CT molecular complexity index is 629. The van der Waals surface area contributed by atoms with Gasteiger partial charge in [0, 0.05) is 0 Å². The molecule has 0 bridgehead atoms. The molecule has 2 rings (SSSR count). The number of allylic oxidation sites excluding steroid dienone is 4. The molecule has 0 radical (unpaired) electrons. The number of unbranched alkanes of at least 4 members (excludes halogenated alkanes) is 2. The second-order valence-electron chi connectivity index (χ2n) is 9.87. The van der Waals surface area contributed by atoms with Gasteiger partial charge in [-0.1, -0.05) is 44.3 Å². The van der Waals surface area contributed by atoms with E-state index in [-0.39, 0.29) is 29.5 Å². The minimum Gasteiger partial charge on any atom is -0.393 e. The summed E-state index contributed by atoms with van der Waals surface area (Å²) in [6.07, 6.45) is 8.23. The van der Waals surface area contributed by atoms with Crippen molar-refractivity contribution in [1.82, 2.24) is 0 Å². The summed E-state index contributed by atoms with van der Waals surface area (Å²) in [5, 5.41) is 19.9. The highest BCUT2D eigenvalue weighted by Gasteiger charge is 2.47. The lowest BCUT2D eigenvalue weighted by Crippen LogP contribution is -2.46. The summed E-state index contributed by atoms with van der Waals surface area (Å²) in [7, 11) is 0. The van der Waals surface area contributed by atoms with E-state index < -0.39 is 6.10 Å². The molecule has 2 aliphatic rings. The Balaban J connectivity index is 1.93. The molecule has 4 heteroatoms. The summed E-state index contributed by atoms with van der Waals surface area (Å²) >= 11 is 0. The summed E-state index contributed by atoms with van der Waals surface area (Å²) < 4.78 is 6.38. The summed E-state index contributed by atoms with van der Waals surface area (Å²) in [5.41, 5.74) is 3.29. The van der Waals surface area contributed by atoms with Gasteiger partial charge < -0.3 is 14.9 Å². The van der Waals surface area contributed by atoms with Crippen molar-refractivity contribution in [1.29, 1.82) is 0 Å². The highest BCUT2D eigenvalue weighted by molar-refractivity contribution is 6.06. The van der Waals surface area contributed by atoms with E-state index in [2.05, 4.69) is 13.8 Å². The van der Waals surface area contributed by atoms with E-state index in [0.717, 1.165) is 62.5 Å². The Morgan fingerprint density at radius 3 is 2.48 bits per heavy atom. The average Bonchev–Trinajstić information content (AvgIpc) is 2.64. The number of hydrogen-bond donors (Lipinski definition) is 2. The summed E-state index contributed by atoms with van der Waals surface area (Å²) in [6.45, 7) is 12.4. The van der Waals surface area contributed by atoms with Gasteiger partial charge in [-0.2, -0.15) is 0 Å².